The molecular formula is C27H36N4OS. The van der Waals surface area contributed by atoms with Crippen molar-refractivity contribution in [1.82, 2.24) is 14.8 Å². The second kappa shape index (κ2) is 9.90. The van der Waals surface area contributed by atoms with Crippen molar-refractivity contribution in [3.8, 4) is 11.1 Å². The molecule has 1 amide bonds. The van der Waals surface area contributed by atoms with Crippen LogP contribution in [0.3, 0.4) is 0 Å². The minimum atomic E-state index is 0.0721. The molecule has 1 N–H and O–H groups in total. The lowest BCUT2D eigenvalue weighted by Crippen LogP contribution is -2.36. The van der Waals surface area contributed by atoms with Crippen LogP contribution in [-0.4, -0.2) is 46.2 Å². The van der Waals surface area contributed by atoms with E-state index in [2.05, 4.69) is 84.7 Å². The molecule has 1 unspecified atom stereocenters. The fourth-order valence-corrected chi connectivity index (χ4v) is 5.69. The SMILES string of the molecule is Cc1cc(-c2ccnc(NC(=O)C3CCN(C)CC3)c2)ccc1CN1C=CSC1C(C)(C)C. The smallest absolute Gasteiger partial charge is 0.228 e. The van der Waals surface area contributed by atoms with Crippen molar-refractivity contribution in [3.63, 3.8) is 0 Å². The van der Waals surface area contributed by atoms with E-state index in [-0.39, 0.29) is 17.2 Å². The van der Waals surface area contributed by atoms with Gasteiger partial charge >= 0.3 is 0 Å². The van der Waals surface area contributed by atoms with Gasteiger partial charge in [0, 0.05) is 24.9 Å². The number of pyridine rings is 1. The third-order valence-electron chi connectivity index (χ3n) is 6.63. The summed E-state index contributed by atoms with van der Waals surface area (Å²) in [6, 6.07) is 10.6. The van der Waals surface area contributed by atoms with Gasteiger partial charge in [-0.05, 0) is 85.1 Å². The van der Waals surface area contributed by atoms with Crippen LogP contribution in [0, 0.1) is 18.3 Å². The third-order valence-corrected chi connectivity index (χ3v) is 8.15. The van der Waals surface area contributed by atoms with Gasteiger partial charge in [0.15, 0.2) is 0 Å². The van der Waals surface area contributed by atoms with Gasteiger partial charge in [0.25, 0.3) is 0 Å². The molecule has 1 aromatic heterocycles. The summed E-state index contributed by atoms with van der Waals surface area (Å²) in [6.45, 7) is 11.9. The van der Waals surface area contributed by atoms with Crippen LogP contribution in [0.25, 0.3) is 11.1 Å². The van der Waals surface area contributed by atoms with Crippen LogP contribution >= 0.6 is 11.8 Å². The number of piperidine rings is 1. The number of hydrogen-bond acceptors (Lipinski definition) is 5. The second-order valence-electron chi connectivity index (χ2n) is 10.4. The number of carbonyl (C=O) groups is 1. The molecule has 5 nitrogen and oxygen atoms in total. The first-order chi connectivity index (χ1) is 15.7. The van der Waals surface area contributed by atoms with Crippen LogP contribution in [0.5, 0.6) is 0 Å². The number of likely N-dealkylation sites (tertiary alicyclic amines) is 1. The van der Waals surface area contributed by atoms with Crippen LogP contribution in [0.4, 0.5) is 5.82 Å². The van der Waals surface area contributed by atoms with E-state index < -0.39 is 0 Å². The number of nitrogens with zero attached hydrogens (tertiary/aromatic N) is 3. The number of benzene rings is 1. The maximum Gasteiger partial charge on any atom is 0.228 e. The fourth-order valence-electron chi connectivity index (χ4n) is 4.61. The maximum absolute atomic E-state index is 12.7. The third kappa shape index (κ3) is 5.79. The van der Waals surface area contributed by atoms with Crippen molar-refractivity contribution in [3.05, 3.63) is 59.3 Å². The number of nitrogens with one attached hydrogen (secondary N) is 1. The summed E-state index contributed by atoms with van der Waals surface area (Å²) in [5.41, 5.74) is 5.05. The Morgan fingerprint density at radius 3 is 2.58 bits per heavy atom. The standard InChI is InChI=1S/C27H36N4OS/c1-19-16-21(6-7-23(19)18-31-14-15-33-26(31)27(2,3)4)22-8-11-28-24(17-22)29-25(32)20-9-12-30(5)13-10-20/h6-8,11,14-17,20,26H,9-10,12-13,18H2,1-5H3,(H,28,29,32). The predicted octanol–water partition coefficient (Wildman–Crippen LogP) is 5.73. The Kier molecular flexibility index (Phi) is 7.15. The lowest BCUT2D eigenvalue weighted by molar-refractivity contribution is -0.121. The van der Waals surface area contributed by atoms with Gasteiger partial charge in [-0.25, -0.2) is 4.98 Å². The maximum atomic E-state index is 12.7. The van der Waals surface area contributed by atoms with Gasteiger partial charge in [-0.2, -0.15) is 0 Å². The van der Waals surface area contributed by atoms with Crippen molar-refractivity contribution in [2.45, 2.75) is 52.5 Å². The van der Waals surface area contributed by atoms with Crippen molar-refractivity contribution in [2.24, 2.45) is 11.3 Å². The topological polar surface area (TPSA) is 48.5 Å². The van der Waals surface area contributed by atoms with Gasteiger partial charge in [0.05, 0.1) is 5.37 Å². The van der Waals surface area contributed by atoms with E-state index in [4.69, 9.17) is 0 Å². The van der Waals surface area contributed by atoms with E-state index in [0.717, 1.165) is 43.6 Å². The average Bonchev–Trinajstić information content (AvgIpc) is 3.25. The van der Waals surface area contributed by atoms with Crippen LogP contribution in [0.15, 0.2) is 48.1 Å². The van der Waals surface area contributed by atoms with Gasteiger partial charge < -0.3 is 15.1 Å². The Labute approximate surface area is 202 Å². The highest BCUT2D eigenvalue weighted by atomic mass is 32.2. The number of aromatic nitrogens is 1. The van der Waals surface area contributed by atoms with Crippen molar-refractivity contribution in [2.75, 3.05) is 25.5 Å². The zero-order valence-corrected chi connectivity index (χ0v) is 21.3. The molecule has 1 fully saturated rings. The number of hydrogen-bond donors (Lipinski definition) is 1. The molecule has 2 aliphatic heterocycles. The number of amides is 1. The highest BCUT2D eigenvalue weighted by Gasteiger charge is 2.31. The molecule has 0 bridgehead atoms. The Morgan fingerprint density at radius 2 is 1.88 bits per heavy atom. The molecule has 6 heteroatoms. The van der Waals surface area contributed by atoms with E-state index in [0.29, 0.717) is 11.2 Å². The van der Waals surface area contributed by atoms with E-state index in [1.165, 1.54) is 11.1 Å². The zero-order valence-electron chi connectivity index (χ0n) is 20.5. The summed E-state index contributed by atoms with van der Waals surface area (Å²) in [5, 5.41) is 5.70. The molecular weight excluding hydrogens is 428 g/mol. The largest absolute Gasteiger partial charge is 0.360 e. The normalized spacial score (nSPS) is 19.8. The molecule has 1 atom stereocenters. The van der Waals surface area contributed by atoms with Crippen LogP contribution in [0.1, 0.15) is 44.7 Å². The fraction of sp³-hybridized carbons (Fsp3) is 0.481. The Hall–Kier alpha value is -2.31. The molecule has 1 saturated heterocycles. The zero-order chi connectivity index (χ0) is 23.6. The van der Waals surface area contributed by atoms with E-state index >= 15 is 0 Å². The number of carbonyl (C=O) groups excluding carboxylic acids is 1. The molecule has 0 aliphatic carbocycles. The number of aryl methyl sites for hydroxylation is 1. The summed E-state index contributed by atoms with van der Waals surface area (Å²) >= 11 is 1.90. The molecule has 176 valence electrons. The molecule has 0 saturated carbocycles. The first-order valence-electron chi connectivity index (χ1n) is 11.8. The molecule has 0 radical (unpaired) electrons. The first-order valence-corrected chi connectivity index (χ1v) is 12.8. The Morgan fingerprint density at radius 1 is 1.15 bits per heavy atom. The van der Waals surface area contributed by atoms with Crippen molar-refractivity contribution >= 4 is 23.5 Å². The monoisotopic (exact) mass is 464 g/mol. The van der Waals surface area contributed by atoms with Crippen LogP contribution in [-0.2, 0) is 11.3 Å². The highest BCUT2D eigenvalue weighted by Crippen LogP contribution is 2.39. The van der Waals surface area contributed by atoms with Gasteiger partial charge in [-0.15, -0.1) is 11.8 Å². The van der Waals surface area contributed by atoms with Gasteiger partial charge in [-0.1, -0.05) is 39.0 Å². The van der Waals surface area contributed by atoms with E-state index in [1.807, 2.05) is 23.9 Å². The number of anilines is 1. The summed E-state index contributed by atoms with van der Waals surface area (Å²) in [6.07, 6.45) is 5.81. The average molecular weight is 465 g/mol. The molecule has 3 heterocycles. The van der Waals surface area contributed by atoms with E-state index in [9.17, 15) is 4.79 Å². The van der Waals surface area contributed by atoms with Gasteiger partial charge in [-0.3, -0.25) is 4.79 Å². The molecule has 2 aliphatic rings. The summed E-state index contributed by atoms with van der Waals surface area (Å²) in [4.78, 5) is 21.8. The number of thioether (sulfide) groups is 1. The predicted molar refractivity (Wildman–Crippen MR) is 139 cm³/mol. The van der Waals surface area contributed by atoms with Crippen LogP contribution < -0.4 is 5.32 Å². The Balaban J connectivity index is 1.45. The quantitative estimate of drug-likeness (QED) is 0.612. The van der Waals surface area contributed by atoms with Crippen molar-refractivity contribution in [1.29, 1.82) is 0 Å². The molecule has 33 heavy (non-hydrogen) atoms. The van der Waals surface area contributed by atoms with Crippen LogP contribution in [0.2, 0.25) is 0 Å². The van der Waals surface area contributed by atoms with Gasteiger partial charge in [0.1, 0.15) is 5.82 Å². The first kappa shape index (κ1) is 23.8. The summed E-state index contributed by atoms with van der Waals surface area (Å²) < 4.78 is 0. The second-order valence-corrected chi connectivity index (χ2v) is 11.4. The summed E-state index contributed by atoms with van der Waals surface area (Å²) in [7, 11) is 2.11. The van der Waals surface area contributed by atoms with E-state index in [1.54, 1.807) is 6.20 Å². The number of rotatable bonds is 5. The highest BCUT2D eigenvalue weighted by molar-refractivity contribution is 8.02. The molecule has 1 aromatic carbocycles. The Bertz CT molecular complexity index is 1020. The minimum absolute atomic E-state index is 0.0721. The molecule has 0 spiro atoms. The lowest BCUT2D eigenvalue weighted by Gasteiger charge is -2.35. The molecule has 4 rings (SSSR count). The van der Waals surface area contributed by atoms with Crippen molar-refractivity contribution < 1.29 is 4.79 Å². The molecule has 2 aromatic rings. The summed E-state index contributed by atoms with van der Waals surface area (Å²) in [5.74, 6) is 0.789. The van der Waals surface area contributed by atoms with Gasteiger partial charge in [0.2, 0.25) is 5.91 Å². The lowest BCUT2D eigenvalue weighted by atomic mass is 9.94. The minimum Gasteiger partial charge on any atom is -0.360 e.